The maximum Gasteiger partial charge on any atom is 0.165 e. The predicted octanol–water partition coefficient (Wildman–Crippen LogP) is 6.95. The topological polar surface area (TPSA) is 45.2 Å². The van der Waals surface area contributed by atoms with Gasteiger partial charge in [-0.2, -0.15) is 0 Å². The third-order valence-electron chi connectivity index (χ3n) is 8.57. The number of hydrogen-bond acceptors (Lipinski definition) is 5. The highest BCUT2D eigenvalue weighted by molar-refractivity contribution is 5.59. The Labute approximate surface area is 238 Å². The van der Waals surface area contributed by atoms with E-state index in [-0.39, 0.29) is 5.82 Å². The van der Waals surface area contributed by atoms with Crippen LogP contribution in [0.5, 0.6) is 17.2 Å². The van der Waals surface area contributed by atoms with Gasteiger partial charge < -0.3 is 19.5 Å². The van der Waals surface area contributed by atoms with Crippen molar-refractivity contribution in [1.82, 2.24) is 4.90 Å². The van der Waals surface area contributed by atoms with Crippen molar-refractivity contribution in [3.05, 3.63) is 82.7 Å². The van der Waals surface area contributed by atoms with Crippen molar-refractivity contribution in [2.45, 2.75) is 58.4 Å². The summed E-state index contributed by atoms with van der Waals surface area (Å²) in [6.45, 7) is 8.64. The van der Waals surface area contributed by atoms with Crippen molar-refractivity contribution >= 4 is 5.69 Å². The first-order valence-electron chi connectivity index (χ1n) is 14.5. The average molecular weight is 547 g/mol. The fraction of sp³-hybridized carbons (Fsp3) is 0.471. The fourth-order valence-corrected chi connectivity index (χ4v) is 6.47. The molecule has 3 aromatic carbocycles. The van der Waals surface area contributed by atoms with Crippen molar-refractivity contribution in [3.63, 3.8) is 0 Å². The van der Waals surface area contributed by atoms with Gasteiger partial charge in [-0.15, -0.1) is 0 Å². The van der Waals surface area contributed by atoms with Crippen LogP contribution in [0.1, 0.15) is 61.3 Å². The Kier molecular flexibility index (Phi) is 8.55. The van der Waals surface area contributed by atoms with Crippen molar-refractivity contribution < 1.29 is 19.0 Å². The SMILES string of the molecule is COc1ccc(C2CCc3cc(O)ccc3C2)c(N(C)Cc2ccc(OCCN3CCCC(C)(C)C3)c(F)c2)c1. The molecule has 0 saturated carbocycles. The van der Waals surface area contributed by atoms with Crippen LogP contribution >= 0.6 is 0 Å². The number of aromatic hydroxyl groups is 1. The zero-order valence-electron chi connectivity index (χ0n) is 24.4. The highest BCUT2D eigenvalue weighted by atomic mass is 19.1. The highest BCUT2D eigenvalue weighted by Crippen LogP contribution is 2.40. The lowest BCUT2D eigenvalue weighted by molar-refractivity contribution is 0.101. The largest absolute Gasteiger partial charge is 0.508 e. The molecule has 1 heterocycles. The van der Waals surface area contributed by atoms with E-state index < -0.39 is 0 Å². The van der Waals surface area contributed by atoms with E-state index in [2.05, 4.69) is 42.8 Å². The van der Waals surface area contributed by atoms with Gasteiger partial charge in [0.2, 0.25) is 0 Å². The Morgan fingerprint density at radius 3 is 2.70 bits per heavy atom. The molecule has 1 fully saturated rings. The number of ether oxygens (including phenoxy) is 2. The summed E-state index contributed by atoms with van der Waals surface area (Å²) >= 11 is 0. The van der Waals surface area contributed by atoms with Crippen LogP contribution < -0.4 is 14.4 Å². The summed E-state index contributed by atoms with van der Waals surface area (Å²) in [4.78, 5) is 4.60. The molecule has 40 heavy (non-hydrogen) atoms. The molecule has 0 aromatic heterocycles. The average Bonchev–Trinajstić information content (AvgIpc) is 2.93. The van der Waals surface area contributed by atoms with E-state index in [4.69, 9.17) is 9.47 Å². The normalized spacial score (nSPS) is 18.7. The second-order valence-corrected chi connectivity index (χ2v) is 12.3. The first-order valence-corrected chi connectivity index (χ1v) is 14.5. The molecular formula is C34H43FN2O3. The number of phenols is 1. The molecule has 0 amide bonds. The van der Waals surface area contributed by atoms with Gasteiger partial charge in [-0.25, -0.2) is 4.39 Å². The van der Waals surface area contributed by atoms with Crippen LogP contribution in [0.4, 0.5) is 10.1 Å². The Morgan fingerprint density at radius 1 is 1.07 bits per heavy atom. The molecule has 5 rings (SSSR count). The Bertz CT molecular complexity index is 1320. The summed E-state index contributed by atoms with van der Waals surface area (Å²) in [6, 6.07) is 17.3. The van der Waals surface area contributed by atoms with Gasteiger partial charge >= 0.3 is 0 Å². The number of aryl methyl sites for hydroxylation is 1. The molecule has 5 nitrogen and oxygen atoms in total. The lowest BCUT2D eigenvalue weighted by Crippen LogP contribution is -2.41. The molecule has 1 aliphatic heterocycles. The van der Waals surface area contributed by atoms with Gasteiger partial charge in [-0.3, -0.25) is 4.90 Å². The maximum absolute atomic E-state index is 15.1. The Hall–Kier alpha value is -3.25. The maximum atomic E-state index is 15.1. The number of halogens is 1. The predicted molar refractivity (Wildman–Crippen MR) is 159 cm³/mol. The van der Waals surface area contributed by atoms with Crippen LogP contribution in [-0.4, -0.2) is 50.4 Å². The number of benzene rings is 3. The molecule has 1 unspecified atom stereocenters. The third-order valence-corrected chi connectivity index (χ3v) is 8.57. The summed E-state index contributed by atoms with van der Waals surface area (Å²) in [5, 5.41) is 9.88. The fourth-order valence-electron chi connectivity index (χ4n) is 6.47. The molecule has 3 aromatic rings. The van der Waals surface area contributed by atoms with E-state index in [0.29, 0.717) is 36.0 Å². The summed E-state index contributed by atoms with van der Waals surface area (Å²) in [5.41, 5.74) is 6.12. The summed E-state index contributed by atoms with van der Waals surface area (Å²) in [6.07, 6.45) is 5.34. The van der Waals surface area contributed by atoms with E-state index in [9.17, 15) is 5.11 Å². The second-order valence-electron chi connectivity index (χ2n) is 12.3. The molecule has 0 spiro atoms. The highest BCUT2D eigenvalue weighted by Gasteiger charge is 2.26. The zero-order chi connectivity index (χ0) is 28.3. The lowest BCUT2D eigenvalue weighted by Gasteiger charge is -2.37. The number of phenolic OH excluding ortho intramolecular Hbond substituents is 1. The van der Waals surface area contributed by atoms with Gasteiger partial charge in [0.15, 0.2) is 11.6 Å². The van der Waals surface area contributed by atoms with Crippen LogP contribution in [0.3, 0.4) is 0 Å². The van der Waals surface area contributed by atoms with Crippen LogP contribution in [0.2, 0.25) is 0 Å². The molecule has 1 aliphatic carbocycles. The van der Waals surface area contributed by atoms with E-state index in [1.54, 1.807) is 25.3 Å². The van der Waals surface area contributed by atoms with Crippen LogP contribution in [-0.2, 0) is 19.4 Å². The van der Waals surface area contributed by atoms with Gasteiger partial charge in [0.05, 0.1) is 7.11 Å². The molecule has 0 bridgehead atoms. The monoisotopic (exact) mass is 546 g/mol. The third kappa shape index (κ3) is 6.72. The minimum absolute atomic E-state index is 0.316. The molecule has 2 aliphatic rings. The van der Waals surface area contributed by atoms with Crippen molar-refractivity contribution in [1.29, 1.82) is 0 Å². The smallest absolute Gasteiger partial charge is 0.165 e. The van der Waals surface area contributed by atoms with Crippen LogP contribution in [0.15, 0.2) is 54.6 Å². The number of likely N-dealkylation sites (tertiary alicyclic amines) is 1. The molecule has 1 atom stereocenters. The quantitative estimate of drug-likeness (QED) is 0.315. The number of nitrogens with zero attached hydrogens (tertiary/aromatic N) is 2. The van der Waals surface area contributed by atoms with Crippen molar-refractivity contribution in [2.24, 2.45) is 5.41 Å². The minimum atomic E-state index is -0.317. The summed E-state index contributed by atoms with van der Waals surface area (Å²) in [7, 11) is 3.73. The van der Waals surface area contributed by atoms with Gasteiger partial charge in [-0.1, -0.05) is 32.0 Å². The number of methoxy groups -OCH3 is 1. The van der Waals surface area contributed by atoms with Crippen molar-refractivity contribution in [2.75, 3.05) is 45.3 Å². The first kappa shape index (κ1) is 28.3. The van der Waals surface area contributed by atoms with Gasteiger partial charge in [-0.05, 0) is 103 Å². The number of fused-ring (bicyclic) bond motifs is 1. The molecule has 0 radical (unpaired) electrons. The number of rotatable bonds is 9. The molecular weight excluding hydrogens is 503 g/mol. The Morgan fingerprint density at radius 2 is 1.93 bits per heavy atom. The number of anilines is 1. The number of piperidine rings is 1. The summed E-state index contributed by atoms with van der Waals surface area (Å²) < 4.78 is 26.5. The van der Waals surface area contributed by atoms with Crippen LogP contribution in [0, 0.1) is 11.2 Å². The van der Waals surface area contributed by atoms with Crippen molar-refractivity contribution in [3.8, 4) is 17.2 Å². The number of hydrogen-bond donors (Lipinski definition) is 1. The zero-order valence-corrected chi connectivity index (χ0v) is 24.4. The lowest BCUT2D eigenvalue weighted by atomic mass is 9.79. The second kappa shape index (κ2) is 12.1. The summed E-state index contributed by atoms with van der Waals surface area (Å²) in [5.74, 6) is 1.49. The van der Waals surface area contributed by atoms with E-state index in [0.717, 1.165) is 55.9 Å². The van der Waals surface area contributed by atoms with Crippen LogP contribution in [0.25, 0.3) is 0 Å². The van der Waals surface area contributed by atoms with Gasteiger partial charge in [0.25, 0.3) is 0 Å². The van der Waals surface area contributed by atoms with E-state index >= 15 is 4.39 Å². The first-order chi connectivity index (χ1) is 19.2. The molecule has 1 N–H and O–H groups in total. The van der Waals surface area contributed by atoms with E-state index in [1.165, 1.54) is 29.5 Å². The standard InChI is InChI=1S/C34H43FN2O3/c1-34(2)14-5-15-37(23-34)16-17-40-33-13-6-24(18-31(33)35)22-36(3)32-21-29(39-4)11-12-30(32)27-8-7-26-20-28(38)10-9-25(26)19-27/h6,9-13,18,20-21,27,38H,5,7-8,14-17,19,22-23H2,1-4H3. The molecule has 1 saturated heterocycles. The van der Waals surface area contributed by atoms with Gasteiger partial charge in [0.1, 0.15) is 18.1 Å². The minimum Gasteiger partial charge on any atom is -0.508 e. The van der Waals surface area contributed by atoms with Gasteiger partial charge in [0, 0.05) is 38.4 Å². The Balaban J connectivity index is 1.25. The van der Waals surface area contributed by atoms with E-state index in [1.807, 2.05) is 24.3 Å². The molecule has 6 heteroatoms. The molecule has 214 valence electrons.